The second-order valence-electron chi connectivity index (χ2n) is 8.85. The number of nitrogens with one attached hydrogen (secondary N) is 1. The van der Waals surface area contributed by atoms with E-state index < -0.39 is 64.9 Å². The zero-order valence-corrected chi connectivity index (χ0v) is 19.8. The zero-order chi connectivity index (χ0) is 27.5. The Hall–Kier alpha value is -4.13. The number of rotatable bonds is 6. The number of Topliss-reactive ketones (excluding diaryl/α,β-unsaturated/α-hetero) is 2. The van der Waals surface area contributed by atoms with Crippen LogP contribution < -0.4 is 5.32 Å². The van der Waals surface area contributed by atoms with Gasteiger partial charge in [-0.3, -0.25) is 29.1 Å². The fraction of sp³-hybridized carbons (Fsp3) is 0.292. The van der Waals surface area contributed by atoms with Crippen LogP contribution in [0.25, 0.3) is 0 Å². The van der Waals surface area contributed by atoms with Gasteiger partial charge in [-0.25, -0.2) is 9.78 Å². The van der Waals surface area contributed by atoms with Gasteiger partial charge in [-0.05, 0) is 6.07 Å². The normalized spacial score (nSPS) is 23.1. The number of anilines is 1. The van der Waals surface area contributed by atoms with Gasteiger partial charge in [-0.2, -0.15) is 13.2 Å². The van der Waals surface area contributed by atoms with E-state index in [0.717, 1.165) is 4.90 Å². The number of aromatic nitrogens is 1. The van der Waals surface area contributed by atoms with Crippen LogP contribution in [0, 0.1) is 17.8 Å². The number of carboxylic acid groups (broad SMARTS) is 1. The Bertz CT molecular complexity index is 1420. The molecular weight excluding hydrogens is 533 g/mol. The first-order valence-corrected chi connectivity index (χ1v) is 11.6. The Morgan fingerprint density at radius 2 is 1.71 bits per heavy atom. The van der Waals surface area contributed by atoms with Crippen LogP contribution in [0.5, 0.6) is 0 Å². The average Bonchev–Trinajstić information content (AvgIpc) is 3.45. The molecule has 5 rings (SSSR count). The van der Waals surface area contributed by atoms with E-state index in [0.29, 0.717) is 12.3 Å². The summed E-state index contributed by atoms with van der Waals surface area (Å²) in [6.07, 6.45) is -4.08. The van der Waals surface area contributed by atoms with Crippen LogP contribution in [0.2, 0.25) is 5.02 Å². The second kappa shape index (κ2) is 9.01. The highest BCUT2D eigenvalue weighted by molar-refractivity contribution is 6.39. The number of imide groups is 1. The molecular formula is C24H16ClF3N4O6. The Kier molecular flexibility index (Phi) is 6.05. The van der Waals surface area contributed by atoms with Crippen LogP contribution in [0.3, 0.4) is 0 Å². The first kappa shape index (κ1) is 25.5. The highest BCUT2D eigenvalue weighted by Gasteiger charge is 2.61. The van der Waals surface area contributed by atoms with Crippen molar-refractivity contribution in [1.82, 2.24) is 9.88 Å². The zero-order valence-electron chi connectivity index (χ0n) is 19.0. The first-order chi connectivity index (χ1) is 17.9. The van der Waals surface area contributed by atoms with Gasteiger partial charge < -0.3 is 10.4 Å². The van der Waals surface area contributed by atoms with Crippen molar-refractivity contribution in [1.29, 1.82) is 0 Å². The van der Waals surface area contributed by atoms with Crippen molar-refractivity contribution in [3.8, 4) is 0 Å². The Morgan fingerprint density at radius 3 is 2.26 bits per heavy atom. The summed E-state index contributed by atoms with van der Waals surface area (Å²) in [7, 11) is 0. The van der Waals surface area contributed by atoms with Gasteiger partial charge in [0.15, 0.2) is 17.6 Å². The molecule has 38 heavy (non-hydrogen) atoms. The molecule has 1 fully saturated rings. The summed E-state index contributed by atoms with van der Waals surface area (Å²) in [6.45, 7) is -0.484. The number of hydrogen-bond acceptors (Lipinski definition) is 8. The molecule has 2 aromatic rings. The smallest absolute Gasteiger partial charge is 0.417 e. The number of hydrogen-bond donors (Lipinski definition) is 2. The van der Waals surface area contributed by atoms with Crippen molar-refractivity contribution < 1.29 is 42.3 Å². The predicted molar refractivity (Wildman–Crippen MR) is 124 cm³/mol. The number of aliphatic carboxylic acids is 1. The van der Waals surface area contributed by atoms with Gasteiger partial charge in [0.2, 0.25) is 11.8 Å². The summed E-state index contributed by atoms with van der Waals surface area (Å²) in [4.78, 5) is 72.8. The average molecular weight is 549 g/mol. The van der Waals surface area contributed by atoms with E-state index in [1.807, 2.05) is 0 Å². The van der Waals surface area contributed by atoms with E-state index in [1.165, 1.54) is 12.1 Å². The number of halogens is 4. The van der Waals surface area contributed by atoms with Crippen molar-refractivity contribution in [2.24, 2.45) is 22.7 Å². The molecule has 2 amide bonds. The summed E-state index contributed by atoms with van der Waals surface area (Å²) >= 11 is 5.86. The molecule has 3 aliphatic rings. The summed E-state index contributed by atoms with van der Waals surface area (Å²) < 4.78 is 38.5. The number of carbonyl (C=O) groups excluding carboxylic acids is 4. The number of nitrogens with zero attached hydrogens (tertiary/aromatic N) is 3. The van der Waals surface area contributed by atoms with Crippen LogP contribution in [-0.2, 0) is 20.6 Å². The summed E-state index contributed by atoms with van der Waals surface area (Å²) in [5.74, 6) is -8.90. The molecule has 0 bridgehead atoms. The number of likely N-dealkylation sites (tertiary alicyclic amines) is 1. The molecule has 196 valence electrons. The third-order valence-electron chi connectivity index (χ3n) is 6.72. The van der Waals surface area contributed by atoms with Gasteiger partial charge >= 0.3 is 12.1 Å². The summed E-state index contributed by atoms with van der Waals surface area (Å²) in [5.41, 5.74) is -1.07. The minimum Gasteiger partial charge on any atom is -0.480 e. The Balaban J connectivity index is 1.36. The Labute approximate surface area is 216 Å². The largest absolute Gasteiger partial charge is 0.480 e. The molecule has 0 radical (unpaired) electrons. The highest BCUT2D eigenvalue weighted by atomic mass is 35.5. The number of amides is 2. The quantitative estimate of drug-likeness (QED) is 0.413. The maximum absolute atomic E-state index is 13.3. The monoisotopic (exact) mass is 548 g/mol. The lowest BCUT2D eigenvalue weighted by molar-refractivity contribution is -0.145. The summed E-state index contributed by atoms with van der Waals surface area (Å²) in [6, 6.07) is 5.00. The predicted octanol–water partition coefficient (Wildman–Crippen LogP) is 2.37. The molecule has 1 aromatic carbocycles. The van der Waals surface area contributed by atoms with Crippen LogP contribution in [0.1, 0.15) is 26.3 Å². The van der Waals surface area contributed by atoms with Crippen molar-refractivity contribution in [2.75, 3.05) is 18.4 Å². The van der Waals surface area contributed by atoms with Crippen molar-refractivity contribution in [2.45, 2.75) is 12.2 Å². The molecule has 1 aromatic heterocycles. The minimum absolute atomic E-state index is 0.121. The van der Waals surface area contributed by atoms with Gasteiger partial charge in [0.25, 0.3) is 0 Å². The lowest BCUT2D eigenvalue weighted by Gasteiger charge is -2.18. The number of ketones is 2. The fourth-order valence-electron chi connectivity index (χ4n) is 5.01. The van der Waals surface area contributed by atoms with Gasteiger partial charge in [-0.15, -0.1) is 0 Å². The van der Waals surface area contributed by atoms with Crippen molar-refractivity contribution in [3.63, 3.8) is 0 Å². The van der Waals surface area contributed by atoms with Crippen LogP contribution in [-0.4, -0.2) is 69.2 Å². The Morgan fingerprint density at radius 1 is 1.08 bits per heavy atom. The lowest BCUT2D eigenvalue weighted by Crippen LogP contribution is -2.39. The van der Waals surface area contributed by atoms with Crippen LogP contribution in [0.4, 0.5) is 19.0 Å². The van der Waals surface area contributed by atoms with Crippen LogP contribution >= 0.6 is 11.6 Å². The minimum atomic E-state index is -4.65. The van der Waals surface area contributed by atoms with Gasteiger partial charge in [0.05, 0.1) is 22.4 Å². The van der Waals surface area contributed by atoms with Gasteiger partial charge in [0.1, 0.15) is 11.7 Å². The molecule has 0 saturated carbocycles. The molecule has 3 atom stereocenters. The maximum atomic E-state index is 13.3. The SMILES string of the molecule is O=C1c2ccccc2C(=O)C1C1=NC(C(=O)O)C2C(=O)N(CCNc3ncc(C(F)(F)F)cc3Cl)C(=O)C12. The van der Waals surface area contributed by atoms with E-state index in [2.05, 4.69) is 15.3 Å². The topological polar surface area (TPSA) is 146 Å². The standard InChI is InChI=1S/C24H16ClF3N4O6/c25-12-7-9(24(26,27)28)8-30-20(12)29-5-6-32-21(35)13-14(22(32)36)17(23(37)38)31-16(13)15-18(33)10-3-1-2-4-11(10)19(15)34/h1-4,7-8,13-15,17H,5-6H2,(H,29,30)(H,37,38). The van der Waals surface area contributed by atoms with E-state index in [9.17, 15) is 42.3 Å². The number of carboxylic acids is 1. The van der Waals surface area contributed by atoms with Gasteiger partial charge in [0, 0.05) is 36.1 Å². The summed E-state index contributed by atoms with van der Waals surface area (Å²) in [5, 5.41) is 12.0. The number of fused-ring (bicyclic) bond motifs is 2. The number of aliphatic imine (C=N–C) groups is 1. The second-order valence-corrected chi connectivity index (χ2v) is 9.26. The molecule has 2 aliphatic heterocycles. The molecule has 1 aliphatic carbocycles. The maximum Gasteiger partial charge on any atom is 0.417 e. The highest BCUT2D eigenvalue weighted by Crippen LogP contribution is 2.42. The lowest BCUT2D eigenvalue weighted by atomic mass is 9.82. The molecule has 14 heteroatoms. The van der Waals surface area contributed by atoms with Crippen LogP contribution in [0.15, 0.2) is 41.5 Å². The molecule has 10 nitrogen and oxygen atoms in total. The van der Waals surface area contributed by atoms with E-state index in [1.54, 1.807) is 12.1 Å². The molecule has 0 spiro atoms. The molecule has 3 heterocycles. The van der Waals surface area contributed by atoms with Crippen molar-refractivity contribution in [3.05, 3.63) is 58.2 Å². The number of carbonyl (C=O) groups is 5. The molecule has 2 N–H and O–H groups in total. The molecule has 1 saturated heterocycles. The van der Waals surface area contributed by atoms with E-state index in [4.69, 9.17) is 11.6 Å². The van der Waals surface area contributed by atoms with Gasteiger partial charge in [-0.1, -0.05) is 35.9 Å². The first-order valence-electron chi connectivity index (χ1n) is 11.2. The third kappa shape index (κ3) is 3.93. The molecule has 3 unspecified atom stereocenters. The third-order valence-corrected chi connectivity index (χ3v) is 7.00. The fourth-order valence-corrected chi connectivity index (χ4v) is 5.24. The van der Waals surface area contributed by atoms with E-state index in [-0.39, 0.29) is 40.8 Å². The number of alkyl halides is 3. The van der Waals surface area contributed by atoms with E-state index >= 15 is 0 Å². The number of benzene rings is 1. The van der Waals surface area contributed by atoms with Crippen molar-refractivity contribution >= 4 is 52.5 Å². The number of pyridine rings is 1.